The quantitative estimate of drug-likeness (QED) is 0.583. The molecule has 0 fully saturated rings. The minimum Gasteiger partial charge on any atom is -0.381 e. The van der Waals surface area contributed by atoms with Crippen LogP contribution in [-0.4, -0.2) is 22.8 Å². The maximum Gasteiger partial charge on any atom is 0.177 e. The van der Waals surface area contributed by atoms with E-state index >= 15 is 0 Å². The molecule has 0 saturated carbocycles. The van der Waals surface area contributed by atoms with Gasteiger partial charge in [0, 0.05) is 31.6 Å². The van der Waals surface area contributed by atoms with Crippen molar-refractivity contribution in [2.75, 3.05) is 13.2 Å². The van der Waals surface area contributed by atoms with E-state index in [1.54, 1.807) is 0 Å². The number of imidazole rings is 1. The third-order valence-electron chi connectivity index (χ3n) is 1.95. The fourth-order valence-corrected chi connectivity index (χ4v) is 1.62. The average Bonchev–Trinajstić information content (AvgIpc) is 2.45. The molecule has 0 atom stereocenters. The summed E-state index contributed by atoms with van der Waals surface area (Å²) in [6.45, 7) is 6.75. The highest BCUT2D eigenvalue weighted by atomic mass is 32.1. The summed E-state index contributed by atoms with van der Waals surface area (Å²) in [5.74, 6) is 0. The van der Waals surface area contributed by atoms with Crippen molar-refractivity contribution in [3.8, 4) is 0 Å². The lowest BCUT2D eigenvalue weighted by molar-refractivity contribution is 0.129. The van der Waals surface area contributed by atoms with E-state index in [1.807, 2.05) is 13.1 Å². The largest absolute Gasteiger partial charge is 0.381 e. The maximum atomic E-state index is 5.39. The Bertz CT molecular complexity index is 316. The van der Waals surface area contributed by atoms with Gasteiger partial charge in [-0.05, 0) is 32.0 Å². The van der Waals surface area contributed by atoms with Gasteiger partial charge >= 0.3 is 0 Å². The normalized spacial score (nSPS) is 10.7. The molecule has 0 bridgehead atoms. The highest BCUT2D eigenvalue weighted by Crippen LogP contribution is 1.99. The van der Waals surface area contributed by atoms with Crippen LogP contribution in [0.15, 0.2) is 6.20 Å². The Kier molecular flexibility index (Phi) is 4.90. The summed E-state index contributed by atoms with van der Waals surface area (Å²) < 4.78 is 8.25. The number of hydrogen-bond donors (Lipinski definition) is 1. The second-order valence-electron chi connectivity index (χ2n) is 3.40. The van der Waals surface area contributed by atoms with Crippen LogP contribution >= 0.6 is 12.2 Å². The van der Waals surface area contributed by atoms with Crippen molar-refractivity contribution in [2.45, 2.75) is 33.2 Å². The molecule has 80 valence electrons. The Balaban J connectivity index is 2.25. The molecule has 0 amide bonds. The predicted octanol–water partition coefficient (Wildman–Crippen LogP) is 2.67. The van der Waals surface area contributed by atoms with Crippen LogP contribution in [0.2, 0.25) is 0 Å². The fourth-order valence-electron chi connectivity index (χ4n) is 1.31. The topological polar surface area (TPSA) is 29.9 Å². The zero-order valence-corrected chi connectivity index (χ0v) is 9.69. The number of ether oxygens (including phenoxy) is 1. The summed E-state index contributed by atoms with van der Waals surface area (Å²) in [7, 11) is 0. The summed E-state index contributed by atoms with van der Waals surface area (Å²) in [4.78, 5) is 3.10. The number of nitrogens with zero attached hydrogens (tertiary/aromatic N) is 1. The molecular weight excluding hydrogens is 196 g/mol. The van der Waals surface area contributed by atoms with Crippen LogP contribution < -0.4 is 0 Å². The number of H-pyrrole nitrogens is 1. The van der Waals surface area contributed by atoms with Crippen LogP contribution in [0.25, 0.3) is 0 Å². The summed E-state index contributed by atoms with van der Waals surface area (Å²) in [6.07, 6.45) is 4.15. The number of rotatable bonds is 6. The van der Waals surface area contributed by atoms with Gasteiger partial charge < -0.3 is 14.3 Å². The Labute approximate surface area is 90.1 Å². The van der Waals surface area contributed by atoms with E-state index in [0.717, 1.165) is 43.1 Å². The fraction of sp³-hybridized carbons (Fsp3) is 0.700. The molecule has 1 aromatic rings. The molecule has 0 saturated heterocycles. The van der Waals surface area contributed by atoms with E-state index in [1.165, 1.54) is 0 Å². The molecule has 1 N–H and O–H groups in total. The summed E-state index contributed by atoms with van der Waals surface area (Å²) in [5.41, 5.74) is 1.12. The molecule has 0 aliphatic carbocycles. The second kappa shape index (κ2) is 5.98. The molecule has 0 spiro atoms. The molecular formula is C10H18N2OS. The Morgan fingerprint density at radius 3 is 2.86 bits per heavy atom. The Morgan fingerprint density at radius 2 is 2.29 bits per heavy atom. The van der Waals surface area contributed by atoms with Crippen molar-refractivity contribution >= 4 is 12.2 Å². The minimum atomic E-state index is 0.804. The smallest absolute Gasteiger partial charge is 0.177 e. The van der Waals surface area contributed by atoms with Crippen molar-refractivity contribution in [3.63, 3.8) is 0 Å². The molecule has 0 unspecified atom stereocenters. The molecule has 1 heterocycles. The standard InChI is InChI=1S/C10H18N2OS/c1-3-6-13-7-4-5-12-8-9(2)11-10(12)14/h8H,3-7H2,1-2H3,(H,11,14). The molecule has 0 aromatic carbocycles. The first-order valence-corrected chi connectivity index (χ1v) is 5.48. The molecule has 1 rings (SSSR count). The van der Waals surface area contributed by atoms with Crippen LogP contribution in [0.5, 0.6) is 0 Å². The van der Waals surface area contributed by atoms with Crippen LogP contribution in [0.3, 0.4) is 0 Å². The zero-order chi connectivity index (χ0) is 10.4. The Hall–Kier alpha value is -0.610. The summed E-state index contributed by atoms with van der Waals surface area (Å²) in [5, 5.41) is 0. The van der Waals surface area contributed by atoms with Gasteiger partial charge in [0.1, 0.15) is 0 Å². The average molecular weight is 214 g/mol. The first-order valence-electron chi connectivity index (χ1n) is 5.08. The SMILES string of the molecule is CCCOCCCn1cc(C)[nH]c1=S. The summed E-state index contributed by atoms with van der Waals surface area (Å²) in [6, 6.07) is 0. The van der Waals surface area contributed by atoms with Crippen LogP contribution in [0.4, 0.5) is 0 Å². The van der Waals surface area contributed by atoms with Crippen molar-refractivity contribution in [3.05, 3.63) is 16.7 Å². The lowest BCUT2D eigenvalue weighted by atomic mass is 10.4. The van der Waals surface area contributed by atoms with E-state index in [-0.39, 0.29) is 0 Å². The highest BCUT2D eigenvalue weighted by molar-refractivity contribution is 7.71. The van der Waals surface area contributed by atoms with Gasteiger partial charge in [-0.3, -0.25) is 0 Å². The van der Waals surface area contributed by atoms with Gasteiger partial charge in [0.25, 0.3) is 0 Å². The first-order chi connectivity index (χ1) is 6.74. The van der Waals surface area contributed by atoms with Gasteiger partial charge in [0.15, 0.2) is 4.77 Å². The predicted molar refractivity (Wildman–Crippen MR) is 60.1 cm³/mol. The maximum absolute atomic E-state index is 5.39. The van der Waals surface area contributed by atoms with E-state index in [4.69, 9.17) is 17.0 Å². The first kappa shape index (κ1) is 11.5. The number of aromatic nitrogens is 2. The molecule has 14 heavy (non-hydrogen) atoms. The lowest BCUT2D eigenvalue weighted by Gasteiger charge is -2.03. The minimum absolute atomic E-state index is 0.804. The van der Waals surface area contributed by atoms with E-state index in [2.05, 4.69) is 16.5 Å². The van der Waals surface area contributed by atoms with Gasteiger partial charge in [-0.1, -0.05) is 6.92 Å². The highest BCUT2D eigenvalue weighted by Gasteiger charge is 1.95. The molecule has 0 aliphatic rings. The molecule has 0 aliphatic heterocycles. The van der Waals surface area contributed by atoms with E-state index in [0.29, 0.717) is 0 Å². The number of hydrogen-bond acceptors (Lipinski definition) is 2. The number of aryl methyl sites for hydroxylation is 2. The van der Waals surface area contributed by atoms with Crippen LogP contribution in [-0.2, 0) is 11.3 Å². The third kappa shape index (κ3) is 3.64. The third-order valence-corrected chi connectivity index (χ3v) is 2.29. The lowest BCUT2D eigenvalue weighted by Crippen LogP contribution is -2.02. The number of nitrogens with one attached hydrogen (secondary N) is 1. The Morgan fingerprint density at radius 1 is 1.50 bits per heavy atom. The van der Waals surface area contributed by atoms with Crippen molar-refractivity contribution < 1.29 is 4.74 Å². The summed E-state index contributed by atoms with van der Waals surface area (Å²) >= 11 is 5.14. The van der Waals surface area contributed by atoms with Crippen molar-refractivity contribution in [2.24, 2.45) is 0 Å². The van der Waals surface area contributed by atoms with Gasteiger partial charge in [-0.2, -0.15) is 0 Å². The van der Waals surface area contributed by atoms with Gasteiger partial charge in [-0.15, -0.1) is 0 Å². The molecule has 4 heteroatoms. The van der Waals surface area contributed by atoms with Gasteiger partial charge in [0.05, 0.1) is 0 Å². The van der Waals surface area contributed by atoms with Crippen LogP contribution in [0, 0.1) is 11.7 Å². The van der Waals surface area contributed by atoms with Crippen molar-refractivity contribution in [1.29, 1.82) is 0 Å². The molecule has 1 aromatic heterocycles. The van der Waals surface area contributed by atoms with Gasteiger partial charge in [0.2, 0.25) is 0 Å². The van der Waals surface area contributed by atoms with Crippen molar-refractivity contribution in [1.82, 2.24) is 9.55 Å². The second-order valence-corrected chi connectivity index (χ2v) is 3.79. The van der Waals surface area contributed by atoms with E-state index in [9.17, 15) is 0 Å². The molecule has 3 nitrogen and oxygen atoms in total. The van der Waals surface area contributed by atoms with Gasteiger partial charge in [-0.25, -0.2) is 0 Å². The monoisotopic (exact) mass is 214 g/mol. The van der Waals surface area contributed by atoms with E-state index < -0.39 is 0 Å². The number of aromatic amines is 1. The molecule has 0 radical (unpaired) electrons. The van der Waals surface area contributed by atoms with Crippen LogP contribution in [0.1, 0.15) is 25.5 Å². The zero-order valence-electron chi connectivity index (χ0n) is 8.88.